The molecule has 0 aliphatic carbocycles. The second-order valence-corrected chi connectivity index (χ2v) is 16.0. The Morgan fingerprint density at radius 3 is 1.82 bits per heavy atom. The summed E-state index contributed by atoms with van der Waals surface area (Å²) in [5, 5.41) is 4.55. The summed E-state index contributed by atoms with van der Waals surface area (Å²) < 4.78 is 67.4. The second kappa shape index (κ2) is 15.0. The zero-order valence-electron chi connectivity index (χ0n) is 28.0. The van der Waals surface area contributed by atoms with E-state index in [9.17, 15) is 26.4 Å². The van der Waals surface area contributed by atoms with Gasteiger partial charge < -0.3 is 19.7 Å². The molecule has 4 aromatic rings. The summed E-state index contributed by atoms with van der Waals surface area (Å²) in [5.74, 6) is -0.939. The first kappa shape index (κ1) is 35.6. The summed E-state index contributed by atoms with van der Waals surface area (Å²) >= 11 is 0. The number of carbonyl (C=O) groups is 2. The van der Waals surface area contributed by atoms with Gasteiger partial charge in [-0.3, -0.25) is 9.59 Å². The van der Waals surface area contributed by atoms with E-state index in [1.807, 2.05) is 42.5 Å². The number of ether oxygens (including phenoxy) is 2. The molecule has 2 saturated heterocycles. The molecule has 2 aliphatic rings. The number of rotatable bonds is 10. The van der Waals surface area contributed by atoms with E-state index in [-0.39, 0.29) is 60.2 Å². The van der Waals surface area contributed by atoms with Crippen LogP contribution in [0.2, 0.25) is 0 Å². The standard InChI is InChI=1S/C36H40N4O8S2/c1-26-10-12-29(24-33(26)49(43,44)38-16-20-47-21-17-38)35(41)37-14-15-40(32-9-5-7-28-6-3-4-8-31(28)32)36(42)30-13-11-27(2)34(25-30)50(45,46)39-18-22-48-23-19-39/h3-13,24-25H,14-23H2,1-2H3,(H,37,41). The van der Waals surface area contributed by atoms with Crippen LogP contribution in [0.15, 0.2) is 88.7 Å². The molecule has 0 unspecified atom stereocenters. The minimum atomic E-state index is -3.88. The van der Waals surface area contributed by atoms with Gasteiger partial charge >= 0.3 is 0 Å². The Kier molecular flexibility index (Phi) is 10.7. The Morgan fingerprint density at radius 1 is 0.700 bits per heavy atom. The highest BCUT2D eigenvalue weighted by atomic mass is 32.2. The molecule has 2 amide bonds. The van der Waals surface area contributed by atoms with Crippen molar-refractivity contribution in [2.45, 2.75) is 23.6 Å². The second-order valence-electron chi connectivity index (χ2n) is 12.2. The number of benzene rings is 4. The van der Waals surface area contributed by atoms with Crippen molar-refractivity contribution in [1.29, 1.82) is 0 Å². The van der Waals surface area contributed by atoms with Gasteiger partial charge in [-0.05, 0) is 60.7 Å². The topological polar surface area (TPSA) is 143 Å². The van der Waals surface area contributed by atoms with Crippen LogP contribution in [-0.2, 0) is 29.5 Å². The van der Waals surface area contributed by atoms with Gasteiger partial charge in [0, 0.05) is 55.8 Å². The predicted molar refractivity (Wildman–Crippen MR) is 189 cm³/mol. The number of morpholine rings is 2. The zero-order chi connectivity index (χ0) is 35.5. The number of amides is 2. The zero-order valence-corrected chi connectivity index (χ0v) is 29.6. The van der Waals surface area contributed by atoms with Gasteiger partial charge in [-0.2, -0.15) is 8.61 Å². The molecule has 6 rings (SSSR count). The Hall–Kier alpha value is -4.18. The Balaban J connectivity index is 1.27. The van der Waals surface area contributed by atoms with Crippen molar-refractivity contribution in [1.82, 2.24) is 13.9 Å². The smallest absolute Gasteiger partial charge is 0.258 e. The number of sulfonamides is 2. The molecule has 1 N–H and O–H groups in total. The molecule has 50 heavy (non-hydrogen) atoms. The van der Waals surface area contributed by atoms with Crippen molar-refractivity contribution in [3.8, 4) is 0 Å². The van der Waals surface area contributed by atoms with Crippen LogP contribution in [0.4, 0.5) is 5.69 Å². The molecule has 4 aromatic carbocycles. The number of nitrogens with zero attached hydrogens (tertiary/aromatic N) is 3. The van der Waals surface area contributed by atoms with E-state index < -0.39 is 31.9 Å². The van der Waals surface area contributed by atoms with Gasteiger partial charge in [0.25, 0.3) is 11.8 Å². The quantitative estimate of drug-likeness (QED) is 0.262. The minimum absolute atomic E-state index is 0.0258. The summed E-state index contributed by atoms with van der Waals surface area (Å²) in [6.07, 6.45) is 0. The van der Waals surface area contributed by atoms with Crippen LogP contribution < -0.4 is 10.2 Å². The molecule has 2 aliphatic heterocycles. The lowest BCUT2D eigenvalue weighted by Gasteiger charge is -2.28. The van der Waals surface area contributed by atoms with E-state index in [0.29, 0.717) is 43.2 Å². The van der Waals surface area contributed by atoms with Crippen molar-refractivity contribution >= 4 is 48.3 Å². The van der Waals surface area contributed by atoms with Crippen LogP contribution >= 0.6 is 0 Å². The highest BCUT2D eigenvalue weighted by molar-refractivity contribution is 7.89. The fraction of sp³-hybridized carbons (Fsp3) is 0.333. The monoisotopic (exact) mass is 720 g/mol. The highest BCUT2D eigenvalue weighted by Gasteiger charge is 2.31. The van der Waals surface area contributed by atoms with Crippen LogP contribution in [0.25, 0.3) is 10.8 Å². The van der Waals surface area contributed by atoms with Gasteiger partial charge in [0.05, 0.1) is 41.9 Å². The molecule has 0 radical (unpaired) electrons. The van der Waals surface area contributed by atoms with E-state index in [0.717, 1.165) is 10.8 Å². The number of anilines is 1. The first-order chi connectivity index (χ1) is 24.0. The van der Waals surface area contributed by atoms with E-state index in [1.165, 1.54) is 25.6 Å². The lowest BCUT2D eigenvalue weighted by Crippen LogP contribution is -2.41. The number of carbonyl (C=O) groups excluding carboxylic acids is 2. The van der Waals surface area contributed by atoms with E-state index in [2.05, 4.69) is 5.32 Å². The third-order valence-electron chi connectivity index (χ3n) is 8.98. The van der Waals surface area contributed by atoms with E-state index in [4.69, 9.17) is 9.47 Å². The number of hydrogen-bond donors (Lipinski definition) is 1. The molecule has 14 heteroatoms. The van der Waals surface area contributed by atoms with Crippen molar-refractivity contribution < 1.29 is 35.9 Å². The fourth-order valence-electron chi connectivity index (χ4n) is 6.20. The van der Waals surface area contributed by atoms with Gasteiger partial charge in [0.2, 0.25) is 20.0 Å². The van der Waals surface area contributed by atoms with Crippen LogP contribution in [-0.4, -0.2) is 103 Å². The summed E-state index contributed by atoms with van der Waals surface area (Å²) in [6, 6.07) is 22.4. The Bertz CT molecular complexity index is 2120. The summed E-state index contributed by atoms with van der Waals surface area (Å²) in [4.78, 5) is 29.4. The lowest BCUT2D eigenvalue weighted by atomic mass is 10.1. The Labute approximate surface area is 292 Å². The minimum Gasteiger partial charge on any atom is -0.379 e. The lowest BCUT2D eigenvalue weighted by molar-refractivity contribution is 0.0730. The summed E-state index contributed by atoms with van der Waals surface area (Å²) in [6.45, 7) is 5.57. The molecule has 0 saturated carbocycles. The molecule has 0 atom stereocenters. The van der Waals surface area contributed by atoms with E-state index in [1.54, 1.807) is 38.1 Å². The number of hydrogen-bond acceptors (Lipinski definition) is 8. The van der Waals surface area contributed by atoms with Gasteiger partial charge in [-0.1, -0.05) is 48.5 Å². The summed E-state index contributed by atoms with van der Waals surface area (Å²) in [7, 11) is -7.72. The fourth-order valence-corrected chi connectivity index (χ4v) is 9.51. The van der Waals surface area contributed by atoms with E-state index >= 15 is 0 Å². The largest absolute Gasteiger partial charge is 0.379 e. The van der Waals surface area contributed by atoms with Crippen LogP contribution in [0, 0.1) is 13.8 Å². The first-order valence-electron chi connectivity index (χ1n) is 16.4. The van der Waals surface area contributed by atoms with Crippen LogP contribution in [0.3, 0.4) is 0 Å². The summed E-state index contributed by atoms with van der Waals surface area (Å²) in [5.41, 5.74) is 1.98. The predicted octanol–water partition coefficient (Wildman–Crippen LogP) is 3.58. The molecule has 0 bridgehead atoms. The SMILES string of the molecule is Cc1ccc(C(=O)NCCN(C(=O)c2ccc(C)c(S(=O)(=O)N3CCOCC3)c2)c2cccc3ccccc23)cc1S(=O)(=O)N1CCOCC1. The van der Waals surface area contributed by atoms with Gasteiger partial charge in [0.15, 0.2) is 0 Å². The van der Waals surface area contributed by atoms with Crippen molar-refractivity contribution in [2.24, 2.45) is 0 Å². The third-order valence-corrected chi connectivity index (χ3v) is 13.1. The van der Waals surface area contributed by atoms with Crippen molar-refractivity contribution in [3.63, 3.8) is 0 Å². The molecular formula is C36H40N4O8S2. The van der Waals surface area contributed by atoms with Gasteiger partial charge in [0.1, 0.15) is 0 Å². The maximum Gasteiger partial charge on any atom is 0.258 e. The molecule has 12 nitrogen and oxygen atoms in total. The molecule has 264 valence electrons. The number of aryl methyl sites for hydroxylation is 2. The molecule has 2 heterocycles. The van der Waals surface area contributed by atoms with Crippen molar-refractivity contribution in [2.75, 3.05) is 70.6 Å². The average molecular weight is 721 g/mol. The maximum absolute atomic E-state index is 14.3. The highest BCUT2D eigenvalue weighted by Crippen LogP contribution is 2.30. The Morgan fingerprint density at radius 2 is 1.22 bits per heavy atom. The molecular weight excluding hydrogens is 681 g/mol. The van der Waals surface area contributed by atoms with Crippen LogP contribution in [0.5, 0.6) is 0 Å². The van der Waals surface area contributed by atoms with Gasteiger partial charge in [-0.15, -0.1) is 0 Å². The third kappa shape index (κ3) is 7.31. The number of fused-ring (bicyclic) bond motifs is 1. The maximum atomic E-state index is 14.3. The first-order valence-corrected chi connectivity index (χ1v) is 19.3. The van der Waals surface area contributed by atoms with Crippen LogP contribution in [0.1, 0.15) is 31.8 Å². The average Bonchev–Trinajstić information content (AvgIpc) is 3.14. The molecule has 0 aromatic heterocycles. The van der Waals surface area contributed by atoms with Crippen molar-refractivity contribution in [3.05, 3.63) is 101 Å². The normalized spacial score (nSPS) is 16.3. The number of nitrogens with one attached hydrogen (secondary N) is 1. The van der Waals surface area contributed by atoms with Gasteiger partial charge in [-0.25, -0.2) is 16.8 Å². The molecule has 2 fully saturated rings. The molecule has 0 spiro atoms.